The number of ether oxygens (including phenoxy) is 1. The number of fused-ring (bicyclic) bond motifs is 1. The van der Waals surface area contributed by atoms with Crippen LogP contribution in [0.3, 0.4) is 0 Å². The number of halogens is 2. The van der Waals surface area contributed by atoms with Crippen LogP contribution >= 0.6 is 11.6 Å². The molecule has 266 valence electrons. The molecule has 9 atom stereocenters. The molecule has 0 aromatic rings. The van der Waals surface area contributed by atoms with Gasteiger partial charge in [0.25, 0.3) is 0 Å². The molecular weight excluding hydrogens is 621 g/mol. The van der Waals surface area contributed by atoms with Gasteiger partial charge in [-0.3, -0.25) is 25.2 Å². The molecule has 4 aliphatic heterocycles. The quantitative estimate of drug-likeness (QED) is 0.0933. The predicted molar refractivity (Wildman–Crippen MR) is 171 cm³/mol. The number of piperidine rings is 1. The zero-order valence-corrected chi connectivity index (χ0v) is 27.8. The number of nitrogens with zero attached hydrogens (tertiary/aromatic N) is 3. The highest BCUT2D eigenvalue weighted by Gasteiger charge is 2.45. The molecule has 1 aliphatic carbocycles. The number of carbonyl (C=O) groups is 1. The van der Waals surface area contributed by atoms with Gasteiger partial charge < -0.3 is 35.2 Å². The summed E-state index contributed by atoms with van der Waals surface area (Å²) in [4.78, 5) is 19.5. The second-order valence-electron chi connectivity index (χ2n) is 14.4. The number of carbonyl (C=O) groups excluding carboxylic acids is 1. The van der Waals surface area contributed by atoms with Gasteiger partial charge in [-0.25, -0.2) is 4.39 Å². The van der Waals surface area contributed by atoms with E-state index in [4.69, 9.17) is 21.4 Å². The van der Waals surface area contributed by atoms with E-state index in [0.717, 1.165) is 51.9 Å². The molecule has 12 nitrogen and oxygen atoms in total. The molecule has 0 aromatic carbocycles. The normalized spacial score (nSPS) is 36.0. The molecule has 5 aliphatic rings. The van der Waals surface area contributed by atoms with Gasteiger partial charge >= 0.3 is 0 Å². The molecule has 5 fully saturated rings. The Hall–Kier alpha value is -0.710. The zero-order chi connectivity index (χ0) is 32.8. The fraction of sp³-hybridized carbons (Fsp3) is 0.969. The number of hydrogen-bond acceptors (Lipinski definition) is 11. The molecule has 0 aromatic heterocycles. The molecule has 0 bridgehead atoms. The first-order valence-electron chi connectivity index (χ1n) is 17.6. The Bertz CT molecular complexity index is 947. The molecular formula is C32H57ClFN5O7. The van der Waals surface area contributed by atoms with E-state index in [-0.39, 0.29) is 54.5 Å². The summed E-state index contributed by atoms with van der Waals surface area (Å²) in [7, 11) is 0. The third-order valence-electron chi connectivity index (χ3n) is 11.2. The molecule has 0 radical (unpaired) electrons. The zero-order valence-electron chi connectivity index (χ0n) is 27.0. The van der Waals surface area contributed by atoms with E-state index in [1.54, 1.807) is 0 Å². The van der Waals surface area contributed by atoms with Gasteiger partial charge in [0.1, 0.15) is 30.8 Å². The van der Waals surface area contributed by atoms with Crippen molar-refractivity contribution in [1.29, 1.82) is 0 Å². The molecule has 5 rings (SSSR count). The summed E-state index contributed by atoms with van der Waals surface area (Å²) in [6.07, 6.45) is 0.234. The van der Waals surface area contributed by atoms with Crippen LogP contribution in [0.15, 0.2) is 0 Å². The number of amides is 1. The van der Waals surface area contributed by atoms with E-state index in [2.05, 4.69) is 15.5 Å². The minimum Gasteiger partial charge on any atom is -0.394 e. The number of β-amino-alcohol motifs (C(OH)–C–C–N with tert-alkyl or cyclic N) is 1. The summed E-state index contributed by atoms with van der Waals surface area (Å²) in [6, 6.07) is 0.0219. The fourth-order valence-electron chi connectivity index (χ4n) is 8.27. The molecule has 3 unspecified atom stereocenters. The minimum absolute atomic E-state index is 0.0219. The smallest absolute Gasteiger partial charge is 0.223 e. The van der Waals surface area contributed by atoms with Crippen LogP contribution in [0.5, 0.6) is 0 Å². The predicted octanol–water partition coefficient (Wildman–Crippen LogP) is -0.555. The summed E-state index contributed by atoms with van der Waals surface area (Å²) >= 11 is 6.16. The number of aliphatic hydroxyl groups excluding tert-OH is 5. The van der Waals surface area contributed by atoms with Gasteiger partial charge in [0.05, 0.1) is 24.2 Å². The van der Waals surface area contributed by atoms with Crippen LogP contribution < -0.4 is 10.6 Å². The van der Waals surface area contributed by atoms with Gasteiger partial charge in [0.2, 0.25) is 5.91 Å². The van der Waals surface area contributed by atoms with Crippen LogP contribution in [0, 0.1) is 17.8 Å². The maximum Gasteiger partial charge on any atom is 0.223 e. The number of alkyl halides is 2. The Morgan fingerprint density at radius 2 is 1.67 bits per heavy atom. The maximum absolute atomic E-state index is 15.2. The van der Waals surface area contributed by atoms with Crippen molar-refractivity contribution in [2.75, 3.05) is 65.6 Å². The molecule has 4 saturated heterocycles. The lowest BCUT2D eigenvalue weighted by atomic mass is 9.83. The van der Waals surface area contributed by atoms with Crippen molar-refractivity contribution in [2.24, 2.45) is 17.8 Å². The number of aliphatic hydroxyl groups is 5. The van der Waals surface area contributed by atoms with Gasteiger partial charge in [0, 0.05) is 71.3 Å². The first-order valence-corrected chi connectivity index (χ1v) is 18.0. The summed E-state index contributed by atoms with van der Waals surface area (Å²) < 4.78 is 21.3. The first-order chi connectivity index (χ1) is 22.1. The Labute approximate surface area is 277 Å². The number of hydrogen-bond donors (Lipinski definition) is 7. The third-order valence-corrected chi connectivity index (χ3v) is 11.6. The lowest BCUT2D eigenvalue weighted by Gasteiger charge is -2.41. The Kier molecular flexibility index (Phi) is 13.7. The van der Waals surface area contributed by atoms with E-state index in [0.29, 0.717) is 45.0 Å². The van der Waals surface area contributed by atoms with Crippen molar-refractivity contribution < 1.29 is 39.5 Å². The first kappa shape index (κ1) is 36.6. The number of rotatable bonds is 14. The number of likely N-dealkylation sites (tertiary alicyclic amines) is 3. The van der Waals surface area contributed by atoms with E-state index in [9.17, 15) is 25.2 Å². The average Bonchev–Trinajstić information content (AvgIpc) is 3.66. The van der Waals surface area contributed by atoms with Gasteiger partial charge in [-0.1, -0.05) is 0 Å². The molecule has 1 saturated carbocycles. The Morgan fingerprint density at radius 3 is 2.37 bits per heavy atom. The number of nitrogens with one attached hydrogen (secondary N) is 2. The Balaban J connectivity index is 0.950. The standard InChI is InChI=1S/C32H57ClFN5O7/c33-23-14-35-32(36-15-23)37-8-5-20(6-9-37)2-1-11-46-24-4-3-21(25(34)13-24)12-29(43)39-16-22-7-10-38(26(22)17-39)18-27(41)30(44)31(45)28(42)19-40/h20-28,30-32,35-36,40-42,44-45H,1-19H2/t21?,22-,23?,24?,25?,26+,27-,28+,30+,31+,32?/m0/s1. The minimum atomic E-state index is -1.66. The van der Waals surface area contributed by atoms with Gasteiger partial charge in [-0.2, -0.15) is 0 Å². The lowest BCUT2D eigenvalue weighted by Crippen LogP contribution is -2.62. The summed E-state index contributed by atoms with van der Waals surface area (Å²) in [6.45, 7) is 5.62. The van der Waals surface area contributed by atoms with E-state index >= 15 is 4.39 Å². The van der Waals surface area contributed by atoms with Crippen LogP contribution in [0.4, 0.5) is 4.39 Å². The highest BCUT2D eigenvalue weighted by Crippen LogP contribution is 2.35. The van der Waals surface area contributed by atoms with E-state index < -0.39 is 37.2 Å². The van der Waals surface area contributed by atoms with Gasteiger partial charge in [-0.15, -0.1) is 11.6 Å². The molecule has 1 amide bonds. The Morgan fingerprint density at radius 1 is 0.957 bits per heavy atom. The average molecular weight is 678 g/mol. The van der Waals surface area contributed by atoms with Crippen molar-refractivity contribution in [1.82, 2.24) is 25.3 Å². The summed E-state index contributed by atoms with van der Waals surface area (Å²) in [5, 5.41) is 56.3. The van der Waals surface area contributed by atoms with Crippen LogP contribution in [0.2, 0.25) is 0 Å². The van der Waals surface area contributed by atoms with Crippen LogP contribution in [-0.2, 0) is 9.53 Å². The summed E-state index contributed by atoms with van der Waals surface area (Å²) in [5.74, 6) is 0.610. The van der Waals surface area contributed by atoms with Crippen LogP contribution in [0.1, 0.15) is 57.8 Å². The van der Waals surface area contributed by atoms with E-state index in [1.165, 1.54) is 12.8 Å². The van der Waals surface area contributed by atoms with Crippen molar-refractivity contribution >= 4 is 17.5 Å². The maximum atomic E-state index is 15.2. The van der Waals surface area contributed by atoms with Crippen molar-refractivity contribution in [2.45, 2.75) is 112 Å². The molecule has 7 N–H and O–H groups in total. The largest absolute Gasteiger partial charge is 0.394 e. The highest BCUT2D eigenvalue weighted by atomic mass is 35.5. The van der Waals surface area contributed by atoms with Gasteiger partial charge in [0.15, 0.2) is 0 Å². The summed E-state index contributed by atoms with van der Waals surface area (Å²) in [5.41, 5.74) is 0. The topological polar surface area (TPSA) is 161 Å². The molecule has 0 spiro atoms. The van der Waals surface area contributed by atoms with Gasteiger partial charge in [-0.05, 0) is 69.2 Å². The van der Waals surface area contributed by atoms with E-state index in [1.807, 2.05) is 9.80 Å². The monoisotopic (exact) mass is 677 g/mol. The van der Waals surface area contributed by atoms with Crippen molar-refractivity contribution in [3.05, 3.63) is 0 Å². The van der Waals surface area contributed by atoms with Crippen LogP contribution in [0.25, 0.3) is 0 Å². The van der Waals surface area contributed by atoms with Crippen molar-refractivity contribution in [3.63, 3.8) is 0 Å². The highest BCUT2D eigenvalue weighted by molar-refractivity contribution is 6.21. The SMILES string of the molecule is O=C(CC1CCC(OCCCC2CCN(C3NCC(Cl)CN3)CC2)CC1F)N1C[C@@H]2CCN(C[C@H](O)[C@@H](O)[C@H](O)[C@H](O)CO)[C@@H]2C1. The fourth-order valence-corrected chi connectivity index (χ4v) is 8.45. The third kappa shape index (κ3) is 9.50. The van der Waals surface area contributed by atoms with Crippen molar-refractivity contribution in [3.8, 4) is 0 Å². The molecule has 14 heteroatoms. The molecule has 46 heavy (non-hydrogen) atoms. The lowest BCUT2D eigenvalue weighted by molar-refractivity contribution is -0.133. The van der Waals surface area contributed by atoms with Crippen LogP contribution in [-0.4, -0.2) is 166 Å². The second-order valence-corrected chi connectivity index (χ2v) is 15.0. The molecule has 4 heterocycles. The second kappa shape index (κ2) is 17.3.